The maximum Gasteiger partial charge on any atom is 0.0637 e. The Balaban J connectivity index is 2.70. The molecule has 0 aromatic heterocycles. The summed E-state index contributed by atoms with van der Waals surface area (Å²) in [6, 6.07) is 8.01. The van der Waals surface area contributed by atoms with Gasteiger partial charge < -0.3 is 15.4 Å². The number of benzene rings is 1. The molecule has 3 nitrogen and oxygen atoms in total. The van der Waals surface area contributed by atoms with Gasteiger partial charge in [0.2, 0.25) is 0 Å². The molecule has 0 spiro atoms. The van der Waals surface area contributed by atoms with Crippen molar-refractivity contribution < 1.29 is 4.74 Å². The maximum absolute atomic E-state index is 5.68. The van der Waals surface area contributed by atoms with E-state index < -0.39 is 0 Å². The van der Waals surface area contributed by atoms with Crippen LogP contribution < -0.4 is 10.6 Å². The largest absolute Gasteiger partial charge is 0.399 e. The normalized spacial score (nSPS) is 10.8. The van der Waals surface area contributed by atoms with E-state index in [0.717, 1.165) is 25.4 Å². The molecule has 3 heteroatoms. The quantitative estimate of drug-likeness (QED) is 0.751. The Morgan fingerprint density at radius 1 is 1.25 bits per heavy atom. The molecule has 16 heavy (non-hydrogen) atoms. The highest BCUT2D eigenvalue weighted by atomic mass is 16.5. The Labute approximate surface area is 98.2 Å². The van der Waals surface area contributed by atoms with E-state index in [1.807, 2.05) is 12.1 Å². The lowest BCUT2D eigenvalue weighted by Crippen LogP contribution is -2.30. The van der Waals surface area contributed by atoms with Gasteiger partial charge in [-0.3, -0.25) is 0 Å². The molecule has 0 amide bonds. The number of hydrogen-bond donors (Lipinski definition) is 1. The van der Waals surface area contributed by atoms with Crippen LogP contribution in [0.15, 0.2) is 24.3 Å². The second-order valence-corrected chi connectivity index (χ2v) is 4.42. The number of methoxy groups -OCH3 is 1. The number of rotatable bonds is 6. The summed E-state index contributed by atoms with van der Waals surface area (Å²) in [7, 11) is 1.73. The van der Waals surface area contributed by atoms with Crippen LogP contribution in [0, 0.1) is 5.92 Å². The molecule has 90 valence electrons. The van der Waals surface area contributed by atoms with Gasteiger partial charge in [-0.15, -0.1) is 0 Å². The maximum atomic E-state index is 5.68. The summed E-state index contributed by atoms with van der Waals surface area (Å²) in [5.74, 6) is 0.634. The van der Waals surface area contributed by atoms with Crippen LogP contribution in [0.5, 0.6) is 0 Å². The first-order valence-corrected chi connectivity index (χ1v) is 5.73. The van der Waals surface area contributed by atoms with Gasteiger partial charge in [0.25, 0.3) is 0 Å². The number of nitrogens with zero attached hydrogens (tertiary/aromatic N) is 1. The Morgan fingerprint density at radius 3 is 2.38 bits per heavy atom. The molecule has 1 aromatic carbocycles. The van der Waals surface area contributed by atoms with Crippen molar-refractivity contribution >= 4 is 11.4 Å². The molecule has 1 rings (SSSR count). The highest BCUT2D eigenvalue weighted by Crippen LogP contribution is 2.17. The fourth-order valence-electron chi connectivity index (χ4n) is 1.65. The van der Waals surface area contributed by atoms with Gasteiger partial charge in [-0.1, -0.05) is 13.8 Å². The minimum absolute atomic E-state index is 0.634. The predicted octanol–water partition coefficient (Wildman–Crippen LogP) is 2.38. The molecule has 0 aliphatic rings. The van der Waals surface area contributed by atoms with E-state index in [2.05, 4.69) is 30.9 Å². The fraction of sp³-hybridized carbons (Fsp3) is 0.538. The van der Waals surface area contributed by atoms with Crippen molar-refractivity contribution in [2.24, 2.45) is 5.92 Å². The second-order valence-electron chi connectivity index (χ2n) is 4.42. The zero-order valence-electron chi connectivity index (χ0n) is 10.4. The first kappa shape index (κ1) is 12.8. The van der Waals surface area contributed by atoms with Crippen LogP contribution in [0.3, 0.4) is 0 Å². The van der Waals surface area contributed by atoms with Crippen LogP contribution in [0.4, 0.5) is 11.4 Å². The zero-order chi connectivity index (χ0) is 12.0. The molecule has 0 saturated carbocycles. The lowest BCUT2D eigenvalue weighted by atomic mass is 10.2. The number of nitrogens with two attached hydrogens (primary N) is 1. The third-order valence-corrected chi connectivity index (χ3v) is 2.41. The molecule has 0 aliphatic carbocycles. The predicted molar refractivity (Wildman–Crippen MR) is 69.8 cm³/mol. The summed E-state index contributed by atoms with van der Waals surface area (Å²) in [4.78, 5) is 2.33. The van der Waals surface area contributed by atoms with Crippen LogP contribution in [0.25, 0.3) is 0 Å². The van der Waals surface area contributed by atoms with E-state index in [0.29, 0.717) is 5.92 Å². The molecule has 0 atom stereocenters. The third kappa shape index (κ3) is 4.11. The molecule has 1 aromatic rings. The van der Waals surface area contributed by atoms with Crippen LogP contribution in [0.2, 0.25) is 0 Å². The third-order valence-electron chi connectivity index (χ3n) is 2.41. The number of nitrogen functional groups attached to an aromatic ring is 1. The Morgan fingerprint density at radius 2 is 1.88 bits per heavy atom. The molecule has 0 aliphatic heterocycles. The van der Waals surface area contributed by atoms with Gasteiger partial charge >= 0.3 is 0 Å². The molecule has 0 unspecified atom stereocenters. The highest BCUT2D eigenvalue weighted by molar-refractivity contribution is 5.53. The van der Waals surface area contributed by atoms with Crippen LogP contribution >= 0.6 is 0 Å². The summed E-state index contributed by atoms with van der Waals surface area (Å²) in [5.41, 5.74) is 7.70. The van der Waals surface area contributed by atoms with Gasteiger partial charge in [0.05, 0.1) is 6.61 Å². The summed E-state index contributed by atoms with van der Waals surface area (Å²) < 4.78 is 5.13. The molecule has 2 N–H and O–H groups in total. The average molecular weight is 222 g/mol. The summed E-state index contributed by atoms with van der Waals surface area (Å²) in [6.45, 7) is 7.14. The van der Waals surface area contributed by atoms with E-state index in [1.165, 1.54) is 5.69 Å². The molecule has 0 radical (unpaired) electrons. The SMILES string of the molecule is COCCN(CC(C)C)c1ccc(N)cc1. The first-order chi connectivity index (χ1) is 7.63. The van der Waals surface area contributed by atoms with E-state index in [-0.39, 0.29) is 0 Å². The second kappa shape index (κ2) is 6.38. The van der Waals surface area contributed by atoms with Gasteiger partial charge in [-0.2, -0.15) is 0 Å². The molecule has 0 bridgehead atoms. The molecule has 0 heterocycles. The van der Waals surface area contributed by atoms with Crippen LogP contribution in [-0.2, 0) is 4.74 Å². The standard InChI is InChI=1S/C13H22N2O/c1-11(2)10-15(8-9-16-3)13-6-4-12(14)5-7-13/h4-7,11H,8-10,14H2,1-3H3. The van der Waals surface area contributed by atoms with Crippen LogP contribution in [0.1, 0.15) is 13.8 Å². The topological polar surface area (TPSA) is 38.5 Å². The molecular formula is C13H22N2O. The van der Waals surface area contributed by atoms with Crippen LogP contribution in [-0.4, -0.2) is 26.8 Å². The molecular weight excluding hydrogens is 200 g/mol. The van der Waals surface area contributed by atoms with E-state index in [4.69, 9.17) is 10.5 Å². The Kier molecular flexibility index (Phi) is 5.12. The summed E-state index contributed by atoms with van der Waals surface area (Å²) in [5, 5.41) is 0. The van der Waals surface area contributed by atoms with Crippen molar-refractivity contribution in [3.05, 3.63) is 24.3 Å². The molecule has 0 saturated heterocycles. The summed E-state index contributed by atoms with van der Waals surface area (Å²) >= 11 is 0. The van der Waals surface area contributed by atoms with E-state index in [9.17, 15) is 0 Å². The smallest absolute Gasteiger partial charge is 0.0637 e. The van der Waals surface area contributed by atoms with Crippen molar-refractivity contribution in [1.82, 2.24) is 0 Å². The first-order valence-electron chi connectivity index (χ1n) is 5.73. The van der Waals surface area contributed by atoms with Gasteiger partial charge in [0, 0.05) is 31.6 Å². The number of hydrogen-bond acceptors (Lipinski definition) is 3. The van der Waals surface area contributed by atoms with Crippen molar-refractivity contribution in [3.63, 3.8) is 0 Å². The minimum Gasteiger partial charge on any atom is -0.399 e. The van der Waals surface area contributed by atoms with Crippen molar-refractivity contribution in [2.75, 3.05) is 37.4 Å². The van der Waals surface area contributed by atoms with E-state index >= 15 is 0 Å². The van der Waals surface area contributed by atoms with E-state index in [1.54, 1.807) is 7.11 Å². The number of ether oxygens (including phenoxy) is 1. The zero-order valence-corrected chi connectivity index (χ0v) is 10.4. The monoisotopic (exact) mass is 222 g/mol. The van der Waals surface area contributed by atoms with Crippen molar-refractivity contribution in [1.29, 1.82) is 0 Å². The lowest BCUT2D eigenvalue weighted by Gasteiger charge is -2.26. The fourth-order valence-corrected chi connectivity index (χ4v) is 1.65. The van der Waals surface area contributed by atoms with Gasteiger partial charge in [-0.25, -0.2) is 0 Å². The van der Waals surface area contributed by atoms with Gasteiger partial charge in [0.15, 0.2) is 0 Å². The van der Waals surface area contributed by atoms with Crippen molar-refractivity contribution in [2.45, 2.75) is 13.8 Å². The highest BCUT2D eigenvalue weighted by Gasteiger charge is 2.07. The Bertz CT molecular complexity index is 295. The summed E-state index contributed by atoms with van der Waals surface area (Å²) in [6.07, 6.45) is 0. The Hall–Kier alpha value is -1.22. The van der Waals surface area contributed by atoms with Gasteiger partial charge in [0.1, 0.15) is 0 Å². The minimum atomic E-state index is 0.634. The molecule has 0 fully saturated rings. The lowest BCUT2D eigenvalue weighted by molar-refractivity contribution is 0.204. The average Bonchev–Trinajstić information content (AvgIpc) is 2.25. The van der Waals surface area contributed by atoms with Gasteiger partial charge in [-0.05, 0) is 30.2 Å². The van der Waals surface area contributed by atoms with Crippen molar-refractivity contribution in [3.8, 4) is 0 Å². The number of anilines is 2.